The van der Waals surface area contributed by atoms with Crippen LogP contribution < -0.4 is 10.2 Å². The molecule has 2 aromatic carbocycles. The van der Waals surface area contributed by atoms with Gasteiger partial charge in [-0.15, -0.1) is 0 Å². The molecule has 1 fully saturated rings. The molecule has 0 unspecified atom stereocenters. The molecule has 3 atom stereocenters. The number of likely N-dealkylation sites (tertiary alicyclic amines) is 1. The number of aliphatic hydroxyl groups excluding tert-OH is 1. The van der Waals surface area contributed by atoms with Gasteiger partial charge in [-0.25, -0.2) is 9.18 Å². The highest BCUT2D eigenvalue weighted by Crippen LogP contribution is 2.48. The van der Waals surface area contributed by atoms with Gasteiger partial charge in [0.15, 0.2) is 0 Å². The van der Waals surface area contributed by atoms with Crippen LogP contribution in [0.2, 0.25) is 0 Å². The number of halogens is 1. The summed E-state index contributed by atoms with van der Waals surface area (Å²) in [4.78, 5) is 16.8. The molecule has 5 nitrogen and oxygen atoms in total. The van der Waals surface area contributed by atoms with Crippen LogP contribution in [-0.4, -0.2) is 47.8 Å². The molecule has 2 N–H and O–H groups in total. The number of fused-ring (bicyclic) bond motifs is 3. The minimum Gasteiger partial charge on any atom is -0.395 e. The summed E-state index contributed by atoms with van der Waals surface area (Å²) in [5.74, 6) is -0.0637. The molecule has 0 aromatic heterocycles. The van der Waals surface area contributed by atoms with Gasteiger partial charge in [0.1, 0.15) is 5.82 Å². The fraction of sp³-hybridized carbons (Fsp3) is 0.409. The maximum absolute atomic E-state index is 13.2. The maximum atomic E-state index is 13.2. The van der Waals surface area contributed by atoms with E-state index in [-0.39, 0.29) is 36.5 Å². The fourth-order valence-corrected chi connectivity index (χ4v) is 4.52. The molecule has 28 heavy (non-hydrogen) atoms. The van der Waals surface area contributed by atoms with Crippen molar-refractivity contribution in [1.82, 2.24) is 10.2 Å². The number of carbonyl (C=O) groups excluding carboxylic acids is 1. The van der Waals surface area contributed by atoms with Crippen molar-refractivity contribution in [1.29, 1.82) is 0 Å². The van der Waals surface area contributed by atoms with Crippen molar-refractivity contribution in [3.05, 3.63) is 65.5 Å². The average Bonchev–Trinajstić information content (AvgIpc) is 2.71. The molecule has 2 aromatic rings. The molecule has 2 aliphatic heterocycles. The molecule has 0 spiro atoms. The van der Waals surface area contributed by atoms with Crippen LogP contribution in [0.1, 0.15) is 30.4 Å². The number of carbonyl (C=O) groups is 1. The lowest BCUT2D eigenvalue weighted by atomic mass is 9.72. The number of nitrogens with zero attached hydrogens (tertiary/aromatic N) is 2. The Bertz CT molecular complexity index is 842. The second-order valence-electron chi connectivity index (χ2n) is 7.54. The number of para-hydroxylation sites is 1. The Balaban J connectivity index is 1.61. The second-order valence-corrected chi connectivity index (χ2v) is 7.54. The van der Waals surface area contributed by atoms with Crippen LogP contribution in [0.3, 0.4) is 0 Å². The molecule has 1 saturated heterocycles. The van der Waals surface area contributed by atoms with Crippen LogP contribution in [0.15, 0.2) is 48.5 Å². The van der Waals surface area contributed by atoms with Gasteiger partial charge in [-0.3, -0.25) is 9.80 Å². The summed E-state index contributed by atoms with van der Waals surface area (Å²) in [6.07, 6.45) is 0.885. The minimum absolute atomic E-state index is 0.00273. The van der Waals surface area contributed by atoms with E-state index in [4.69, 9.17) is 0 Å². The predicted molar refractivity (Wildman–Crippen MR) is 107 cm³/mol. The number of hydrogen-bond acceptors (Lipinski definition) is 3. The first kappa shape index (κ1) is 18.9. The Hall–Kier alpha value is -2.44. The third-order valence-corrected chi connectivity index (χ3v) is 5.87. The van der Waals surface area contributed by atoms with E-state index < -0.39 is 0 Å². The zero-order valence-electron chi connectivity index (χ0n) is 16.0. The van der Waals surface area contributed by atoms with Crippen molar-refractivity contribution < 1.29 is 14.3 Å². The normalized spacial score (nSPS) is 23.5. The third kappa shape index (κ3) is 3.27. The van der Waals surface area contributed by atoms with Crippen molar-refractivity contribution in [3.8, 4) is 0 Å². The van der Waals surface area contributed by atoms with Gasteiger partial charge in [-0.2, -0.15) is 0 Å². The summed E-state index contributed by atoms with van der Waals surface area (Å²) in [6.45, 7) is 3.93. The number of anilines is 1. The van der Waals surface area contributed by atoms with Gasteiger partial charge in [0.05, 0.1) is 6.61 Å². The zero-order valence-corrected chi connectivity index (χ0v) is 16.0. The lowest BCUT2D eigenvalue weighted by Gasteiger charge is -2.59. The summed E-state index contributed by atoms with van der Waals surface area (Å²) >= 11 is 0. The second kappa shape index (κ2) is 7.89. The van der Waals surface area contributed by atoms with Crippen LogP contribution in [0.4, 0.5) is 14.9 Å². The van der Waals surface area contributed by atoms with Gasteiger partial charge in [0.2, 0.25) is 0 Å². The van der Waals surface area contributed by atoms with Crippen molar-refractivity contribution >= 4 is 11.7 Å². The molecular weight excluding hydrogens is 357 g/mol. The number of amides is 2. The standard InChI is InChI=1S/C22H26FN3O2/c1-2-11-24-22(28)26-13-19-21(17-5-3-4-6-18(17)26)20(14-27)25(19)12-15-7-9-16(23)10-8-15/h3-10,19-21,27H,2,11-14H2,1H3,(H,24,28)/t19-,20+,21+/m1/s1. The molecule has 0 saturated carbocycles. The monoisotopic (exact) mass is 383 g/mol. The maximum Gasteiger partial charge on any atom is 0.321 e. The van der Waals surface area contributed by atoms with E-state index in [2.05, 4.69) is 16.3 Å². The largest absolute Gasteiger partial charge is 0.395 e. The molecule has 4 rings (SSSR count). The van der Waals surface area contributed by atoms with E-state index in [1.54, 1.807) is 12.1 Å². The van der Waals surface area contributed by atoms with E-state index in [0.717, 1.165) is 23.2 Å². The van der Waals surface area contributed by atoms with Gasteiger partial charge in [0.25, 0.3) is 0 Å². The predicted octanol–water partition coefficient (Wildman–Crippen LogP) is 3.09. The zero-order chi connectivity index (χ0) is 19.7. The van der Waals surface area contributed by atoms with E-state index in [9.17, 15) is 14.3 Å². The Labute approximate surface area is 164 Å². The van der Waals surface area contributed by atoms with E-state index in [1.807, 2.05) is 30.0 Å². The highest BCUT2D eigenvalue weighted by molar-refractivity contribution is 5.94. The number of benzene rings is 2. The minimum atomic E-state index is -0.255. The third-order valence-electron chi connectivity index (χ3n) is 5.87. The topological polar surface area (TPSA) is 55.8 Å². The molecular formula is C22H26FN3O2. The summed E-state index contributed by atoms with van der Waals surface area (Å²) in [5.41, 5.74) is 3.04. The van der Waals surface area contributed by atoms with Crippen molar-refractivity contribution in [2.75, 3.05) is 24.6 Å². The number of nitrogens with one attached hydrogen (secondary N) is 1. The lowest BCUT2D eigenvalue weighted by molar-refractivity contribution is -0.0485. The van der Waals surface area contributed by atoms with Crippen molar-refractivity contribution in [3.63, 3.8) is 0 Å². The smallest absolute Gasteiger partial charge is 0.321 e. The average molecular weight is 383 g/mol. The molecule has 0 radical (unpaired) electrons. The quantitative estimate of drug-likeness (QED) is 0.834. The SMILES string of the molecule is CCCNC(=O)N1C[C@@H]2[C@H](c3ccccc31)[C@H](CO)N2Cc1ccc(F)cc1. The summed E-state index contributed by atoms with van der Waals surface area (Å²) in [5, 5.41) is 13.0. The van der Waals surface area contributed by atoms with Crippen molar-refractivity contribution in [2.45, 2.75) is 37.9 Å². The summed E-state index contributed by atoms with van der Waals surface area (Å²) < 4.78 is 13.2. The van der Waals surface area contributed by atoms with E-state index in [0.29, 0.717) is 19.6 Å². The van der Waals surface area contributed by atoms with Crippen LogP contribution in [0.25, 0.3) is 0 Å². The number of hydrogen-bond donors (Lipinski definition) is 2. The molecule has 148 valence electrons. The van der Waals surface area contributed by atoms with E-state index >= 15 is 0 Å². The van der Waals surface area contributed by atoms with Gasteiger partial charge < -0.3 is 10.4 Å². The Morgan fingerprint density at radius 1 is 1.21 bits per heavy atom. The number of urea groups is 1. The van der Waals surface area contributed by atoms with Gasteiger partial charge in [-0.1, -0.05) is 37.3 Å². The number of rotatable bonds is 5. The van der Waals surface area contributed by atoms with Gasteiger partial charge in [-0.05, 0) is 35.7 Å². The fourth-order valence-electron chi connectivity index (χ4n) is 4.52. The molecule has 0 aliphatic carbocycles. The Morgan fingerprint density at radius 3 is 2.68 bits per heavy atom. The highest BCUT2D eigenvalue weighted by Gasteiger charge is 2.53. The van der Waals surface area contributed by atoms with Crippen LogP contribution in [-0.2, 0) is 6.54 Å². The van der Waals surface area contributed by atoms with Crippen LogP contribution in [0, 0.1) is 5.82 Å². The van der Waals surface area contributed by atoms with Crippen LogP contribution in [0.5, 0.6) is 0 Å². The molecule has 2 aliphatic rings. The van der Waals surface area contributed by atoms with Crippen molar-refractivity contribution in [2.24, 2.45) is 0 Å². The Morgan fingerprint density at radius 2 is 1.96 bits per heavy atom. The molecule has 2 amide bonds. The Kier molecular flexibility index (Phi) is 5.33. The first-order valence-electron chi connectivity index (χ1n) is 9.89. The molecule has 2 heterocycles. The van der Waals surface area contributed by atoms with Gasteiger partial charge >= 0.3 is 6.03 Å². The first-order chi connectivity index (χ1) is 13.6. The highest BCUT2D eigenvalue weighted by atomic mass is 19.1. The summed E-state index contributed by atoms with van der Waals surface area (Å²) in [7, 11) is 0. The molecule has 0 bridgehead atoms. The van der Waals surface area contributed by atoms with E-state index in [1.165, 1.54) is 12.1 Å². The lowest BCUT2D eigenvalue weighted by Crippen LogP contribution is -2.69. The van der Waals surface area contributed by atoms with Crippen LogP contribution >= 0.6 is 0 Å². The summed E-state index contributed by atoms with van der Waals surface area (Å²) in [6, 6.07) is 14.5. The first-order valence-corrected chi connectivity index (χ1v) is 9.89. The van der Waals surface area contributed by atoms with Gasteiger partial charge in [0, 0.05) is 43.3 Å². The molecule has 6 heteroatoms. The number of aliphatic hydroxyl groups is 1.